The summed E-state index contributed by atoms with van der Waals surface area (Å²) in [5.74, 6) is -1.00. The molecule has 1 aromatic heterocycles. The summed E-state index contributed by atoms with van der Waals surface area (Å²) in [4.78, 5) is 15.4. The average Bonchev–Trinajstić information content (AvgIpc) is 2.84. The van der Waals surface area contributed by atoms with Crippen molar-refractivity contribution >= 4 is 34.3 Å². The molecule has 0 aliphatic carbocycles. The first kappa shape index (κ1) is 13.6. The molecule has 0 bridgehead atoms. The minimum atomic E-state index is -1.00. The van der Waals surface area contributed by atoms with Gasteiger partial charge < -0.3 is 15.8 Å². The summed E-state index contributed by atoms with van der Waals surface area (Å²) in [6.07, 6.45) is 0. The Labute approximate surface area is 126 Å². The first-order chi connectivity index (χ1) is 10.0. The molecule has 4 N–H and O–H groups in total. The van der Waals surface area contributed by atoms with Gasteiger partial charge in [-0.25, -0.2) is 4.79 Å². The van der Waals surface area contributed by atoms with Crippen molar-refractivity contribution in [2.45, 2.75) is 16.8 Å². The van der Waals surface area contributed by atoms with Crippen molar-refractivity contribution in [2.75, 3.05) is 5.73 Å². The van der Waals surface area contributed by atoms with Crippen LogP contribution in [0.25, 0.3) is 10.9 Å². The number of fused-ring (bicyclic) bond motifs is 1. The smallest absolute Gasteiger partial charge is 0.337 e. The number of anilines is 1. The van der Waals surface area contributed by atoms with E-state index in [1.807, 2.05) is 43.3 Å². The number of hydrogen-bond donors (Lipinski definition) is 3. The van der Waals surface area contributed by atoms with E-state index in [9.17, 15) is 9.90 Å². The highest BCUT2D eigenvalue weighted by Crippen LogP contribution is 2.33. The second kappa shape index (κ2) is 5.18. The number of carboxylic acid groups (broad SMARTS) is 1. The first-order valence-corrected chi connectivity index (χ1v) is 7.25. The van der Waals surface area contributed by atoms with Crippen molar-refractivity contribution in [1.82, 2.24) is 4.98 Å². The Kier molecular flexibility index (Phi) is 3.35. The number of carboxylic acids is 1. The number of rotatable bonds is 3. The topological polar surface area (TPSA) is 79.1 Å². The van der Waals surface area contributed by atoms with Gasteiger partial charge in [0.05, 0.1) is 10.6 Å². The fourth-order valence-electron chi connectivity index (χ4n) is 2.23. The van der Waals surface area contributed by atoms with E-state index in [-0.39, 0.29) is 5.56 Å². The van der Waals surface area contributed by atoms with Crippen LogP contribution in [0, 0.1) is 6.92 Å². The number of hydrogen-bond acceptors (Lipinski definition) is 3. The molecule has 0 fully saturated rings. The van der Waals surface area contributed by atoms with E-state index in [0.717, 1.165) is 26.4 Å². The zero-order valence-corrected chi connectivity index (χ0v) is 12.2. The summed E-state index contributed by atoms with van der Waals surface area (Å²) in [5.41, 5.74) is 8.11. The zero-order chi connectivity index (χ0) is 15.0. The normalized spacial score (nSPS) is 10.9. The second-order valence-electron chi connectivity index (χ2n) is 4.83. The van der Waals surface area contributed by atoms with Crippen LogP contribution in [-0.2, 0) is 0 Å². The number of nitrogens with two attached hydrogens (primary N) is 1. The highest BCUT2D eigenvalue weighted by atomic mass is 32.2. The Hall–Kier alpha value is -2.40. The average molecular weight is 298 g/mol. The van der Waals surface area contributed by atoms with E-state index >= 15 is 0 Å². The van der Waals surface area contributed by atoms with Gasteiger partial charge in [-0.15, -0.1) is 0 Å². The molecule has 0 saturated carbocycles. The van der Waals surface area contributed by atoms with Crippen LogP contribution < -0.4 is 5.73 Å². The van der Waals surface area contributed by atoms with Crippen molar-refractivity contribution in [2.24, 2.45) is 0 Å². The van der Waals surface area contributed by atoms with E-state index in [1.54, 1.807) is 6.07 Å². The van der Waals surface area contributed by atoms with E-state index < -0.39 is 5.97 Å². The Morgan fingerprint density at radius 3 is 2.71 bits per heavy atom. The van der Waals surface area contributed by atoms with Crippen LogP contribution in [0.1, 0.15) is 15.9 Å². The fourth-order valence-corrected chi connectivity index (χ4v) is 3.24. The Morgan fingerprint density at radius 1 is 1.24 bits per heavy atom. The van der Waals surface area contributed by atoms with Crippen molar-refractivity contribution in [3.05, 3.63) is 53.6 Å². The maximum Gasteiger partial charge on any atom is 0.337 e. The molecule has 3 rings (SSSR count). The van der Waals surface area contributed by atoms with Gasteiger partial charge in [0.2, 0.25) is 0 Å². The van der Waals surface area contributed by atoms with Gasteiger partial charge in [0.15, 0.2) is 0 Å². The maximum absolute atomic E-state index is 11.2. The van der Waals surface area contributed by atoms with Gasteiger partial charge in [-0.3, -0.25) is 0 Å². The third-order valence-electron chi connectivity index (χ3n) is 3.32. The molecule has 106 valence electrons. The fraction of sp³-hybridized carbons (Fsp3) is 0.0625. The van der Waals surface area contributed by atoms with Crippen LogP contribution in [0.15, 0.2) is 52.4 Å². The lowest BCUT2D eigenvalue weighted by Crippen LogP contribution is -2.04. The summed E-state index contributed by atoms with van der Waals surface area (Å²) in [6.45, 7) is 1.82. The number of nitrogen functional groups attached to an aromatic ring is 1. The molecule has 21 heavy (non-hydrogen) atoms. The number of aryl methyl sites for hydroxylation is 1. The van der Waals surface area contributed by atoms with E-state index in [4.69, 9.17) is 5.73 Å². The van der Waals surface area contributed by atoms with Crippen molar-refractivity contribution < 1.29 is 9.90 Å². The van der Waals surface area contributed by atoms with E-state index in [1.165, 1.54) is 11.8 Å². The molecule has 0 atom stereocenters. The summed E-state index contributed by atoms with van der Waals surface area (Å²) >= 11 is 1.49. The maximum atomic E-state index is 11.2. The monoisotopic (exact) mass is 298 g/mol. The third-order valence-corrected chi connectivity index (χ3v) is 4.24. The van der Waals surface area contributed by atoms with Crippen molar-refractivity contribution in [3.8, 4) is 0 Å². The molecule has 0 amide bonds. The molecular weight excluding hydrogens is 284 g/mol. The van der Waals surface area contributed by atoms with Crippen molar-refractivity contribution in [3.63, 3.8) is 0 Å². The number of H-pyrrole nitrogens is 1. The molecule has 2 aromatic carbocycles. The van der Waals surface area contributed by atoms with Gasteiger partial charge in [0, 0.05) is 21.5 Å². The lowest BCUT2D eigenvalue weighted by atomic mass is 10.1. The van der Waals surface area contributed by atoms with Gasteiger partial charge in [-0.05, 0) is 36.8 Å². The van der Waals surface area contributed by atoms with Crippen LogP contribution in [0.5, 0.6) is 0 Å². The van der Waals surface area contributed by atoms with E-state index in [2.05, 4.69) is 4.98 Å². The van der Waals surface area contributed by atoms with Crippen LogP contribution in [0.3, 0.4) is 0 Å². The lowest BCUT2D eigenvalue weighted by molar-refractivity contribution is 0.0697. The number of aromatic amines is 1. The predicted octanol–water partition coefficient (Wildman–Crippen LogP) is 3.91. The van der Waals surface area contributed by atoms with Gasteiger partial charge in [-0.2, -0.15) is 0 Å². The molecule has 1 heterocycles. The molecule has 4 nitrogen and oxygen atoms in total. The molecule has 3 aromatic rings. The number of nitrogens with one attached hydrogen (secondary N) is 1. The van der Waals surface area contributed by atoms with Gasteiger partial charge >= 0.3 is 5.97 Å². The van der Waals surface area contributed by atoms with Crippen LogP contribution >= 0.6 is 11.8 Å². The third kappa shape index (κ3) is 2.60. The molecule has 0 radical (unpaired) electrons. The predicted molar refractivity (Wildman–Crippen MR) is 85.0 cm³/mol. The van der Waals surface area contributed by atoms with E-state index in [0.29, 0.717) is 5.69 Å². The summed E-state index contributed by atoms with van der Waals surface area (Å²) in [5, 5.41) is 11.3. The minimum absolute atomic E-state index is 0.147. The Bertz CT molecular complexity index is 806. The largest absolute Gasteiger partial charge is 0.478 e. The van der Waals surface area contributed by atoms with Gasteiger partial charge in [-0.1, -0.05) is 30.0 Å². The quantitative estimate of drug-likeness (QED) is 0.641. The molecule has 0 aliphatic rings. The van der Waals surface area contributed by atoms with Gasteiger partial charge in [0.25, 0.3) is 0 Å². The Balaban J connectivity index is 1.99. The molecule has 0 unspecified atom stereocenters. The number of para-hydroxylation sites is 1. The molecular formula is C16H14N2O2S. The lowest BCUT2D eigenvalue weighted by Gasteiger charge is -2.08. The minimum Gasteiger partial charge on any atom is -0.478 e. The Morgan fingerprint density at radius 2 is 2.00 bits per heavy atom. The molecule has 5 heteroatoms. The van der Waals surface area contributed by atoms with Crippen LogP contribution in [0.2, 0.25) is 0 Å². The summed E-state index contributed by atoms with van der Waals surface area (Å²) < 4.78 is 0. The number of aromatic carboxylic acids is 1. The highest BCUT2D eigenvalue weighted by molar-refractivity contribution is 7.99. The molecule has 0 spiro atoms. The van der Waals surface area contributed by atoms with Crippen LogP contribution in [0.4, 0.5) is 5.69 Å². The number of aromatic nitrogens is 1. The highest BCUT2D eigenvalue weighted by Gasteiger charge is 2.13. The first-order valence-electron chi connectivity index (χ1n) is 6.43. The van der Waals surface area contributed by atoms with Crippen molar-refractivity contribution in [1.29, 1.82) is 0 Å². The molecule has 0 aliphatic heterocycles. The number of carbonyl (C=O) groups is 1. The standard InChI is InChI=1S/C16H14N2O2S/c1-9-6-11(8-12(15(9)17)16(19)20)21-14-7-10-4-2-3-5-13(10)18-14/h2-8,18H,17H2,1H3,(H,19,20). The summed E-state index contributed by atoms with van der Waals surface area (Å²) in [6, 6.07) is 13.6. The van der Waals surface area contributed by atoms with Crippen LogP contribution in [-0.4, -0.2) is 16.1 Å². The SMILES string of the molecule is Cc1cc(Sc2cc3ccccc3[nH]2)cc(C(=O)O)c1N. The molecule has 0 saturated heterocycles. The number of benzene rings is 2. The zero-order valence-electron chi connectivity index (χ0n) is 11.4. The summed E-state index contributed by atoms with van der Waals surface area (Å²) in [7, 11) is 0. The second-order valence-corrected chi connectivity index (χ2v) is 5.94. The van der Waals surface area contributed by atoms with Gasteiger partial charge in [0.1, 0.15) is 0 Å².